The molecule has 1 saturated heterocycles. The number of nitrogens with two attached hydrogens (primary N) is 1. The van der Waals surface area contributed by atoms with Gasteiger partial charge in [0.1, 0.15) is 0 Å². The number of rotatable bonds is 4. The van der Waals surface area contributed by atoms with Crippen molar-refractivity contribution in [1.29, 1.82) is 0 Å². The number of nitrogens with zero attached hydrogens (tertiary/aromatic N) is 2. The van der Waals surface area contributed by atoms with Crippen LogP contribution in [0.5, 0.6) is 0 Å². The molecule has 0 aromatic heterocycles. The molecule has 0 spiro atoms. The third-order valence-corrected chi connectivity index (χ3v) is 4.09. The lowest BCUT2D eigenvalue weighted by Crippen LogP contribution is -2.49. The minimum absolute atomic E-state index is 0.283. The largest absolute Gasteiger partial charge is 0.398 e. The number of anilines is 2. The third-order valence-electron chi connectivity index (χ3n) is 4.09. The molecule has 1 aromatic carbocycles. The van der Waals surface area contributed by atoms with Crippen LogP contribution in [0.3, 0.4) is 0 Å². The van der Waals surface area contributed by atoms with Crippen LogP contribution in [0, 0.1) is 5.92 Å². The number of amides is 1. The number of aryl methyl sites for hydroxylation is 1. The van der Waals surface area contributed by atoms with Gasteiger partial charge in [-0.25, -0.2) is 0 Å². The van der Waals surface area contributed by atoms with E-state index in [9.17, 15) is 4.79 Å². The van der Waals surface area contributed by atoms with E-state index in [-0.39, 0.29) is 5.91 Å². The summed E-state index contributed by atoms with van der Waals surface area (Å²) in [5.74, 6) is 0.711. The van der Waals surface area contributed by atoms with E-state index in [0.29, 0.717) is 12.3 Å². The van der Waals surface area contributed by atoms with E-state index in [0.717, 1.165) is 38.3 Å². The average Bonchev–Trinajstić information content (AvgIpc) is 2.46. The molecule has 1 amide bonds. The quantitative estimate of drug-likeness (QED) is 0.867. The van der Waals surface area contributed by atoms with Gasteiger partial charge in [0, 0.05) is 44.0 Å². The highest BCUT2D eigenvalue weighted by Crippen LogP contribution is 2.23. The van der Waals surface area contributed by atoms with Crippen molar-refractivity contribution in [2.75, 3.05) is 36.8 Å². The van der Waals surface area contributed by atoms with E-state index in [1.807, 2.05) is 4.90 Å². The van der Waals surface area contributed by atoms with Gasteiger partial charge in [-0.2, -0.15) is 0 Å². The van der Waals surface area contributed by atoms with Crippen LogP contribution >= 0.6 is 0 Å². The fraction of sp³-hybridized carbons (Fsp3) is 0.588. The molecule has 4 heteroatoms. The van der Waals surface area contributed by atoms with Gasteiger partial charge in [0.05, 0.1) is 0 Å². The second-order valence-corrected chi connectivity index (χ2v) is 6.20. The first-order chi connectivity index (χ1) is 10.0. The molecule has 0 radical (unpaired) electrons. The highest BCUT2D eigenvalue weighted by molar-refractivity contribution is 5.76. The Kier molecular flexibility index (Phi) is 5.10. The summed E-state index contributed by atoms with van der Waals surface area (Å²) in [6.45, 7) is 9.67. The van der Waals surface area contributed by atoms with Crippen LogP contribution in [-0.2, 0) is 11.2 Å². The molecule has 1 aliphatic rings. The second-order valence-electron chi connectivity index (χ2n) is 6.20. The van der Waals surface area contributed by atoms with Gasteiger partial charge in [-0.15, -0.1) is 0 Å². The first-order valence-electron chi connectivity index (χ1n) is 7.92. The Morgan fingerprint density at radius 2 is 1.90 bits per heavy atom. The number of hydrogen-bond acceptors (Lipinski definition) is 3. The maximum Gasteiger partial charge on any atom is 0.222 e. The zero-order valence-electron chi connectivity index (χ0n) is 13.4. The Morgan fingerprint density at radius 1 is 1.24 bits per heavy atom. The maximum absolute atomic E-state index is 12.1. The standard InChI is InChI=1S/C17H27N3O/c1-4-14-5-6-15(12-16(14)18)19-7-9-20(10-8-19)17(21)11-13(2)3/h5-6,12-13H,4,7-11,18H2,1-3H3. The summed E-state index contributed by atoms with van der Waals surface area (Å²) in [7, 11) is 0. The Hall–Kier alpha value is -1.71. The molecule has 1 aromatic rings. The first-order valence-corrected chi connectivity index (χ1v) is 7.92. The van der Waals surface area contributed by atoms with Gasteiger partial charge in [-0.05, 0) is 30.0 Å². The molecule has 1 heterocycles. The van der Waals surface area contributed by atoms with Crippen LogP contribution in [0.15, 0.2) is 18.2 Å². The zero-order chi connectivity index (χ0) is 15.4. The van der Waals surface area contributed by atoms with E-state index in [2.05, 4.69) is 43.9 Å². The minimum atomic E-state index is 0.283. The molecule has 0 atom stereocenters. The molecule has 0 saturated carbocycles. The first kappa shape index (κ1) is 15.7. The van der Waals surface area contributed by atoms with Gasteiger partial charge in [-0.1, -0.05) is 26.8 Å². The van der Waals surface area contributed by atoms with Crippen molar-refractivity contribution < 1.29 is 4.79 Å². The normalized spacial score (nSPS) is 15.6. The Labute approximate surface area is 127 Å². The fourth-order valence-electron chi connectivity index (χ4n) is 2.79. The predicted octanol–water partition coefficient (Wildman–Crippen LogP) is 2.53. The monoisotopic (exact) mass is 289 g/mol. The van der Waals surface area contributed by atoms with Gasteiger partial charge in [-0.3, -0.25) is 4.79 Å². The minimum Gasteiger partial charge on any atom is -0.398 e. The van der Waals surface area contributed by atoms with Crippen LogP contribution in [0.1, 0.15) is 32.8 Å². The molecule has 2 rings (SSSR count). The summed E-state index contributed by atoms with van der Waals surface area (Å²) in [5.41, 5.74) is 9.31. The Bertz CT molecular complexity index is 491. The molecule has 2 N–H and O–H groups in total. The molecular formula is C17H27N3O. The van der Waals surface area contributed by atoms with Crippen LogP contribution in [-0.4, -0.2) is 37.0 Å². The summed E-state index contributed by atoms with van der Waals surface area (Å²) in [4.78, 5) is 16.4. The van der Waals surface area contributed by atoms with Crippen molar-refractivity contribution in [2.45, 2.75) is 33.6 Å². The van der Waals surface area contributed by atoms with Gasteiger partial charge in [0.25, 0.3) is 0 Å². The van der Waals surface area contributed by atoms with Gasteiger partial charge in [0.2, 0.25) is 5.91 Å². The summed E-state index contributed by atoms with van der Waals surface area (Å²) in [5, 5.41) is 0. The molecule has 1 aliphatic heterocycles. The second kappa shape index (κ2) is 6.83. The molecular weight excluding hydrogens is 262 g/mol. The topological polar surface area (TPSA) is 49.6 Å². The SMILES string of the molecule is CCc1ccc(N2CCN(C(=O)CC(C)C)CC2)cc1N. The van der Waals surface area contributed by atoms with Crippen molar-refractivity contribution >= 4 is 17.3 Å². The average molecular weight is 289 g/mol. The maximum atomic E-state index is 12.1. The number of nitrogen functional groups attached to an aromatic ring is 1. The van der Waals surface area contributed by atoms with E-state index >= 15 is 0 Å². The number of benzene rings is 1. The van der Waals surface area contributed by atoms with Gasteiger partial charge >= 0.3 is 0 Å². The van der Waals surface area contributed by atoms with Crippen LogP contribution in [0.25, 0.3) is 0 Å². The van der Waals surface area contributed by atoms with Crippen molar-refractivity contribution in [3.63, 3.8) is 0 Å². The number of piperazine rings is 1. The van der Waals surface area contributed by atoms with Crippen LogP contribution in [0.2, 0.25) is 0 Å². The van der Waals surface area contributed by atoms with Crippen LogP contribution in [0.4, 0.5) is 11.4 Å². The molecule has 21 heavy (non-hydrogen) atoms. The summed E-state index contributed by atoms with van der Waals surface area (Å²) >= 11 is 0. The Morgan fingerprint density at radius 3 is 2.43 bits per heavy atom. The predicted molar refractivity (Wildman–Crippen MR) is 88.5 cm³/mol. The molecule has 4 nitrogen and oxygen atoms in total. The highest BCUT2D eigenvalue weighted by atomic mass is 16.2. The van der Waals surface area contributed by atoms with Crippen molar-refractivity contribution in [1.82, 2.24) is 4.90 Å². The zero-order valence-corrected chi connectivity index (χ0v) is 13.4. The highest BCUT2D eigenvalue weighted by Gasteiger charge is 2.21. The van der Waals surface area contributed by atoms with Crippen molar-refractivity contribution in [3.8, 4) is 0 Å². The lowest BCUT2D eigenvalue weighted by molar-refractivity contribution is -0.132. The lowest BCUT2D eigenvalue weighted by atomic mass is 10.1. The van der Waals surface area contributed by atoms with E-state index in [4.69, 9.17) is 5.73 Å². The molecule has 0 bridgehead atoms. The molecule has 116 valence electrons. The lowest BCUT2D eigenvalue weighted by Gasteiger charge is -2.36. The Balaban J connectivity index is 1.95. The summed E-state index contributed by atoms with van der Waals surface area (Å²) in [6.07, 6.45) is 1.61. The van der Waals surface area contributed by atoms with Crippen molar-refractivity contribution in [2.24, 2.45) is 5.92 Å². The third kappa shape index (κ3) is 3.90. The van der Waals surface area contributed by atoms with E-state index < -0.39 is 0 Å². The molecule has 0 unspecified atom stereocenters. The van der Waals surface area contributed by atoms with Crippen molar-refractivity contribution in [3.05, 3.63) is 23.8 Å². The van der Waals surface area contributed by atoms with E-state index in [1.54, 1.807) is 0 Å². The fourth-order valence-corrected chi connectivity index (χ4v) is 2.79. The smallest absolute Gasteiger partial charge is 0.222 e. The van der Waals surface area contributed by atoms with Crippen LogP contribution < -0.4 is 10.6 Å². The molecule has 0 aliphatic carbocycles. The van der Waals surface area contributed by atoms with E-state index in [1.165, 1.54) is 11.3 Å². The van der Waals surface area contributed by atoms with Gasteiger partial charge in [0.15, 0.2) is 0 Å². The molecule has 1 fully saturated rings. The number of carbonyl (C=O) groups excluding carboxylic acids is 1. The number of hydrogen-bond donors (Lipinski definition) is 1. The number of carbonyl (C=O) groups is 1. The van der Waals surface area contributed by atoms with Gasteiger partial charge < -0.3 is 15.5 Å². The summed E-state index contributed by atoms with van der Waals surface area (Å²) in [6, 6.07) is 6.31. The summed E-state index contributed by atoms with van der Waals surface area (Å²) < 4.78 is 0.